The number of nitrogens with zero attached hydrogens (tertiary/aromatic N) is 2. The first-order valence-electron chi connectivity index (χ1n) is 18.2. The molecule has 1 unspecified atom stereocenters. The average molecular weight is 710 g/mol. The number of cyclic esters (lactones) is 1. The van der Waals surface area contributed by atoms with Crippen molar-refractivity contribution in [3.63, 3.8) is 0 Å². The molecule has 1 aromatic heterocycles. The van der Waals surface area contributed by atoms with Crippen LogP contribution in [0.5, 0.6) is 5.88 Å². The number of hydrogen-bond donors (Lipinski definition) is 3. The Morgan fingerprint density at radius 2 is 1.86 bits per heavy atom. The highest BCUT2D eigenvalue weighted by Crippen LogP contribution is 2.47. The van der Waals surface area contributed by atoms with E-state index < -0.39 is 62.8 Å². The number of amides is 4. The highest BCUT2D eigenvalue weighted by atomic mass is 32.2. The molecule has 2 aliphatic heterocycles. The summed E-state index contributed by atoms with van der Waals surface area (Å²) in [7, 11) is -3.84. The lowest BCUT2D eigenvalue weighted by Crippen LogP contribution is -2.59. The summed E-state index contributed by atoms with van der Waals surface area (Å²) in [6.07, 6.45) is 8.97. The molecule has 13 nitrogen and oxygen atoms in total. The lowest BCUT2D eigenvalue weighted by molar-refractivity contribution is -0.142. The van der Waals surface area contributed by atoms with Crippen molar-refractivity contribution in [2.45, 2.75) is 119 Å². The number of nitrogens with one attached hydrogen (secondary N) is 3. The van der Waals surface area contributed by atoms with Crippen molar-refractivity contribution >= 4 is 44.6 Å². The molecule has 0 radical (unpaired) electrons. The van der Waals surface area contributed by atoms with Crippen LogP contribution in [0, 0.1) is 11.8 Å². The Balaban J connectivity index is 1.20. The number of fused-ring (bicyclic) bond motifs is 3. The standard InChI is InChI=1S/C36H47N5O8S/c1-2-25-20-36(25,34(44)40-50(46,47)27-13-14-27)39-31(42)29-19-26-21-41(29)33(43)30(24-9-4-3-5-10-24)38-35(45)48-17-7-6-8-22-11-12-23-15-16-37-32(49-26)28(23)18-22/h11-12,15-16,18,24-27,29-30H,2-10,13-14,17,19-21H2,1H3,(H,38,45)(H,39,42)(H,40,44)/t25-,26-,29+,30+,36?/m1/s1. The van der Waals surface area contributed by atoms with Crippen molar-refractivity contribution < 1.29 is 37.1 Å². The van der Waals surface area contributed by atoms with Crippen molar-refractivity contribution in [3.05, 3.63) is 36.0 Å². The molecule has 3 heterocycles. The van der Waals surface area contributed by atoms with Crippen LogP contribution >= 0.6 is 0 Å². The van der Waals surface area contributed by atoms with Crippen molar-refractivity contribution in [1.29, 1.82) is 0 Å². The first-order valence-corrected chi connectivity index (χ1v) is 19.8. The van der Waals surface area contributed by atoms with E-state index in [1.165, 1.54) is 4.90 Å². The third kappa shape index (κ3) is 7.13. The summed E-state index contributed by atoms with van der Waals surface area (Å²) < 4.78 is 39.7. The molecule has 2 aromatic rings. The second-order valence-corrected chi connectivity index (χ2v) is 16.7. The summed E-state index contributed by atoms with van der Waals surface area (Å²) in [5, 5.41) is 6.94. The number of carbonyl (C=O) groups is 4. The van der Waals surface area contributed by atoms with Crippen LogP contribution in [-0.4, -0.2) is 84.2 Å². The Kier molecular flexibility index (Phi) is 9.66. The number of sulfonamides is 1. The highest BCUT2D eigenvalue weighted by Gasteiger charge is 2.62. The highest BCUT2D eigenvalue weighted by molar-refractivity contribution is 7.91. The molecule has 270 valence electrons. The van der Waals surface area contributed by atoms with Crippen LogP contribution in [-0.2, 0) is 35.6 Å². The minimum Gasteiger partial charge on any atom is -0.472 e. The predicted octanol–water partition coefficient (Wildman–Crippen LogP) is 3.49. The number of rotatable bonds is 7. The van der Waals surface area contributed by atoms with Gasteiger partial charge in [-0.15, -0.1) is 0 Å². The largest absolute Gasteiger partial charge is 0.472 e. The second kappa shape index (κ2) is 14.0. The second-order valence-electron chi connectivity index (χ2n) is 14.7. The molecule has 14 heteroatoms. The molecular formula is C36H47N5O8S. The van der Waals surface area contributed by atoms with Gasteiger partial charge in [-0.1, -0.05) is 44.7 Å². The molecule has 0 spiro atoms. The van der Waals surface area contributed by atoms with E-state index in [9.17, 15) is 27.6 Å². The first kappa shape index (κ1) is 34.5. The summed E-state index contributed by atoms with van der Waals surface area (Å²) in [5.41, 5.74) is -0.308. The monoisotopic (exact) mass is 709 g/mol. The van der Waals surface area contributed by atoms with Crippen molar-refractivity contribution in [2.24, 2.45) is 11.8 Å². The van der Waals surface area contributed by atoms with Crippen LogP contribution in [0.15, 0.2) is 30.5 Å². The van der Waals surface area contributed by atoms with Gasteiger partial charge in [-0.3, -0.25) is 19.1 Å². The van der Waals surface area contributed by atoms with Crippen LogP contribution in [0.4, 0.5) is 4.79 Å². The molecule has 50 heavy (non-hydrogen) atoms. The topological polar surface area (TPSA) is 173 Å². The first-order chi connectivity index (χ1) is 24.1. The van der Waals surface area contributed by atoms with E-state index in [1.807, 2.05) is 25.1 Å². The average Bonchev–Trinajstić information content (AvgIpc) is 4.04. The van der Waals surface area contributed by atoms with Gasteiger partial charge in [0.25, 0.3) is 5.91 Å². The van der Waals surface area contributed by atoms with Crippen LogP contribution in [0.1, 0.15) is 89.5 Å². The Morgan fingerprint density at radius 3 is 2.60 bits per heavy atom. The van der Waals surface area contributed by atoms with E-state index in [1.54, 1.807) is 6.20 Å². The van der Waals surface area contributed by atoms with E-state index in [4.69, 9.17) is 9.47 Å². The fraction of sp³-hybridized carbons (Fsp3) is 0.639. The maximum atomic E-state index is 14.6. The number of aryl methyl sites for hydroxylation is 1. The molecule has 3 N–H and O–H groups in total. The number of pyridine rings is 1. The summed E-state index contributed by atoms with van der Waals surface area (Å²) >= 11 is 0. The predicted molar refractivity (Wildman–Crippen MR) is 183 cm³/mol. The fourth-order valence-electron chi connectivity index (χ4n) is 8.06. The number of aromatic nitrogens is 1. The number of benzene rings is 1. The number of alkyl carbamates (subject to hydrolysis) is 1. The number of carbonyl (C=O) groups excluding carboxylic acids is 4. The maximum absolute atomic E-state index is 14.6. The van der Waals surface area contributed by atoms with Gasteiger partial charge in [-0.25, -0.2) is 18.2 Å². The molecule has 3 aliphatic carbocycles. The zero-order valence-corrected chi connectivity index (χ0v) is 29.3. The van der Waals surface area contributed by atoms with Crippen molar-refractivity contribution in [1.82, 2.24) is 25.2 Å². The smallest absolute Gasteiger partial charge is 0.407 e. The van der Waals surface area contributed by atoms with Crippen LogP contribution in [0.3, 0.4) is 0 Å². The lowest BCUT2D eigenvalue weighted by Gasteiger charge is -2.34. The molecule has 3 saturated carbocycles. The van der Waals surface area contributed by atoms with Gasteiger partial charge in [0, 0.05) is 18.0 Å². The summed E-state index contributed by atoms with van der Waals surface area (Å²) in [5.74, 6) is -1.69. The Labute approximate surface area is 292 Å². The summed E-state index contributed by atoms with van der Waals surface area (Å²) in [4.78, 5) is 61.5. The maximum Gasteiger partial charge on any atom is 0.407 e. The molecule has 1 saturated heterocycles. The van der Waals surface area contributed by atoms with E-state index in [0.717, 1.165) is 61.3 Å². The van der Waals surface area contributed by atoms with Gasteiger partial charge in [0.1, 0.15) is 23.7 Å². The number of ether oxygens (including phenoxy) is 2. The molecular weight excluding hydrogens is 662 g/mol. The third-order valence-corrected chi connectivity index (χ3v) is 13.0. The normalized spacial score (nSPS) is 29.4. The van der Waals surface area contributed by atoms with Gasteiger partial charge in [-0.2, -0.15) is 0 Å². The minimum absolute atomic E-state index is 0.0566. The molecule has 1 aromatic carbocycles. The minimum atomic E-state index is -3.84. The Hall–Kier alpha value is -3.94. The zero-order valence-electron chi connectivity index (χ0n) is 28.5. The molecule has 5 atom stereocenters. The molecule has 4 amide bonds. The van der Waals surface area contributed by atoms with Crippen LogP contribution < -0.4 is 20.1 Å². The lowest BCUT2D eigenvalue weighted by atomic mass is 9.83. The Morgan fingerprint density at radius 1 is 1.06 bits per heavy atom. The van der Waals surface area contributed by atoms with E-state index in [2.05, 4.69) is 26.4 Å². The quantitative estimate of drug-likeness (QED) is 0.389. The summed E-state index contributed by atoms with van der Waals surface area (Å²) in [6, 6.07) is 6.07. The van der Waals surface area contributed by atoms with Gasteiger partial charge in [0.2, 0.25) is 27.7 Å². The van der Waals surface area contributed by atoms with Gasteiger partial charge in [0.15, 0.2) is 0 Å². The number of hydrogen-bond acceptors (Lipinski definition) is 9. The fourth-order valence-corrected chi connectivity index (χ4v) is 9.42. The molecule has 7 rings (SSSR count). The van der Waals surface area contributed by atoms with E-state index in [-0.39, 0.29) is 31.4 Å². The van der Waals surface area contributed by atoms with Crippen molar-refractivity contribution in [2.75, 3.05) is 13.2 Å². The molecule has 5 aliphatic rings. The Bertz CT molecular complexity index is 1760. The van der Waals surface area contributed by atoms with E-state index >= 15 is 0 Å². The molecule has 4 bridgehead atoms. The van der Waals surface area contributed by atoms with Gasteiger partial charge in [0.05, 0.1) is 18.4 Å². The van der Waals surface area contributed by atoms with Crippen molar-refractivity contribution in [3.8, 4) is 5.88 Å². The van der Waals surface area contributed by atoms with Crippen LogP contribution in [0.25, 0.3) is 10.8 Å². The van der Waals surface area contributed by atoms with Crippen LogP contribution in [0.2, 0.25) is 0 Å². The van der Waals surface area contributed by atoms with Gasteiger partial charge >= 0.3 is 6.09 Å². The molecule has 4 fully saturated rings. The third-order valence-electron chi connectivity index (χ3n) is 11.2. The summed E-state index contributed by atoms with van der Waals surface area (Å²) in [6.45, 7) is 2.15. The SMILES string of the molecule is CC[C@@H]1CC1(NC(=O)[C@@H]1C[C@@H]2CN1C(=O)[C@H](C1CCCCC1)NC(=O)OCCCCc1ccc3ccnc(c3c1)O2)C(=O)NS(=O)(=O)C1CC1. The van der Waals surface area contributed by atoms with Gasteiger partial charge in [-0.05, 0) is 86.3 Å². The van der Waals surface area contributed by atoms with Gasteiger partial charge < -0.3 is 25.0 Å². The van der Waals surface area contributed by atoms with E-state index in [0.29, 0.717) is 38.0 Å². The zero-order chi connectivity index (χ0) is 35.0.